The Morgan fingerprint density at radius 3 is 1.82 bits per heavy atom. The van der Waals surface area contributed by atoms with Gasteiger partial charge in [0.1, 0.15) is 5.76 Å². The highest BCUT2D eigenvalue weighted by atomic mass is 16.5. The fraction of sp³-hybridized carbons (Fsp3) is 0.867. The minimum Gasteiger partial charge on any atom is -0.497 e. The van der Waals surface area contributed by atoms with Crippen molar-refractivity contribution in [3.05, 3.63) is 12.3 Å². The average Bonchev–Trinajstić information content (AvgIpc) is 2.35. The summed E-state index contributed by atoms with van der Waals surface area (Å²) >= 11 is 0. The first-order valence-corrected chi connectivity index (χ1v) is 7.32. The van der Waals surface area contributed by atoms with Gasteiger partial charge in [-0.3, -0.25) is 0 Å². The summed E-state index contributed by atoms with van der Waals surface area (Å²) in [6.45, 7) is 7.20. The molecular formula is C15H31NO. The normalized spacial score (nSPS) is 10.5. The number of nitrogens with two attached hydrogens (primary N) is 1. The molecule has 0 atom stereocenters. The van der Waals surface area contributed by atoms with Crippen molar-refractivity contribution >= 4 is 0 Å². The molecule has 0 rings (SSSR count). The van der Waals surface area contributed by atoms with Crippen LogP contribution in [0.2, 0.25) is 0 Å². The molecule has 0 aromatic heterocycles. The Hall–Kier alpha value is -0.500. The maximum absolute atomic E-state index is 5.38. The Kier molecular flexibility index (Phi) is 13.2. The Bertz CT molecular complexity index is 168. The zero-order valence-corrected chi connectivity index (χ0v) is 11.7. The summed E-state index contributed by atoms with van der Waals surface area (Å²) in [7, 11) is 0. The van der Waals surface area contributed by atoms with Crippen molar-refractivity contribution in [2.45, 2.75) is 71.1 Å². The second-order valence-corrected chi connectivity index (χ2v) is 4.77. The lowest BCUT2D eigenvalue weighted by molar-refractivity contribution is 0.204. The molecule has 0 saturated heterocycles. The number of ether oxygens (including phenoxy) is 1. The van der Waals surface area contributed by atoms with E-state index in [0.29, 0.717) is 12.3 Å². The number of unbranched alkanes of at least 4 members (excludes halogenated alkanes) is 9. The lowest BCUT2D eigenvalue weighted by atomic mass is 10.1. The van der Waals surface area contributed by atoms with Crippen LogP contribution in [0.3, 0.4) is 0 Å². The van der Waals surface area contributed by atoms with E-state index in [9.17, 15) is 0 Å². The van der Waals surface area contributed by atoms with Crippen molar-refractivity contribution in [1.82, 2.24) is 0 Å². The third-order valence-electron chi connectivity index (χ3n) is 3.03. The van der Waals surface area contributed by atoms with Gasteiger partial charge in [0.2, 0.25) is 0 Å². The fourth-order valence-corrected chi connectivity index (χ4v) is 1.86. The van der Waals surface area contributed by atoms with Crippen LogP contribution < -0.4 is 5.73 Å². The first kappa shape index (κ1) is 16.5. The Morgan fingerprint density at radius 1 is 0.882 bits per heavy atom. The molecule has 2 nitrogen and oxygen atoms in total. The molecule has 0 aliphatic heterocycles. The van der Waals surface area contributed by atoms with E-state index in [1.54, 1.807) is 0 Å². The van der Waals surface area contributed by atoms with Gasteiger partial charge < -0.3 is 10.5 Å². The molecule has 2 N–H and O–H groups in total. The van der Waals surface area contributed by atoms with Gasteiger partial charge in [-0.25, -0.2) is 0 Å². The zero-order chi connectivity index (χ0) is 12.8. The molecule has 0 fully saturated rings. The van der Waals surface area contributed by atoms with Gasteiger partial charge in [-0.05, 0) is 6.42 Å². The summed E-state index contributed by atoms with van der Waals surface area (Å²) in [6, 6.07) is 0. The minimum absolute atomic E-state index is 0.442. The van der Waals surface area contributed by atoms with Crippen LogP contribution in [0.1, 0.15) is 71.1 Å². The van der Waals surface area contributed by atoms with Crippen LogP contribution in [0.15, 0.2) is 12.3 Å². The van der Waals surface area contributed by atoms with Gasteiger partial charge >= 0.3 is 0 Å². The maximum Gasteiger partial charge on any atom is 0.102 e. The Balaban J connectivity index is 2.96. The highest BCUT2D eigenvalue weighted by Crippen LogP contribution is 2.10. The van der Waals surface area contributed by atoms with Crippen molar-refractivity contribution in [3.8, 4) is 0 Å². The van der Waals surface area contributed by atoms with Gasteiger partial charge in [0.25, 0.3) is 0 Å². The SMILES string of the molecule is C=C(CN)OCCCCCCCCCCCC. The minimum atomic E-state index is 0.442. The second-order valence-electron chi connectivity index (χ2n) is 4.77. The van der Waals surface area contributed by atoms with E-state index in [1.807, 2.05) is 0 Å². The molecule has 0 spiro atoms. The quantitative estimate of drug-likeness (QED) is 0.383. The van der Waals surface area contributed by atoms with E-state index in [0.717, 1.165) is 13.0 Å². The van der Waals surface area contributed by atoms with Gasteiger partial charge in [0.05, 0.1) is 13.2 Å². The highest BCUT2D eigenvalue weighted by molar-refractivity contribution is 4.82. The molecule has 0 unspecified atom stereocenters. The van der Waals surface area contributed by atoms with Crippen LogP contribution in [0.5, 0.6) is 0 Å². The molecule has 0 radical (unpaired) electrons. The topological polar surface area (TPSA) is 35.2 Å². The summed E-state index contributed by atoms with van der Waals surface area (Å²) in [5.41, 5.74) is 5.38. The van der Waals surface area contributed by atoms with Gasteiger partial charge in [-0.15, -0.1) is 0 Å². The first-order valence-electron chi connectivity index (χ1n) is 7.32. The van der Waals surface area contributed by atoms with Crippen LogP contribution >= 0.6 is 0 Å². The highest BCUT2D eigenvalue weighted by Gasteiger charge is 1.94. The fourth-order valence-electron chi connectivity index (χ4n) is 1.86. The summed E-state index contributed by atoms with van der Waals surface area (Å²) in [5, 5.41) is 0. The Morgan fingerprint density at radius 2 is 1.35 bits per heavy atom. The molecule has 0 aromatic rings. The van der Waals surface area contributed by atoms with Crippen LogP contribution in [0.25, 0.3) is 0 Å². The van der Waals surface area contributed by atoms with E-state index in [1.165, 1.54) is 57.8 Å². The smallest absolute Gasteiger partial charge is 0.102 e. The summed E-state index contributed by atoms with van der Waals surface area (Å²) in [4.78, 5) is 0. The lowest BCUT2D eigenvalue weighted by Crippen LogP contribution is -2.06. The molecule has 0 aliphatic carbocycles. The average molecular weight is 241 g/mol. The second kappa shape index (κ2) is 13.6. The van der Waals surface area contributed by atoms with Gasteiger partial charge in [0, 0.05) is 0 Å². The summed E-state index contributed by atoms with van der Waals surface area (Å²) in [5.74, 6) is 0.709. The van der Waals surface area contributed by atoms with Crippen molar-refractivity contribution in [3.63, 3.8) is 0 Å². The third kappa shape index (κ3) is 13.4. The largest absolute Gasteiger partial charge is 0.497 e. The van der Waals surface area contributed by atoms with Crippen molar-refractivity contribution in [2.75, 3.05) is 13.2 Å². The molecule has 17 heavy (non-hydrogen) atoms. The van der Waals surface area contributed by atoms with E-state index < -0.39 is 0 Å². The third-order valence-corrected chi connectivity index (χ3v) is 3.03. The molecule has 102 valence electrons. The number of hydrogen-bond acceptors (Lipinski definition) is 2. The molecule has 0 amide bonds. The van der Waals surface area contributed by atoms with Crippen LogP contribution in [0, 0.1) is 0 Å². The number of rotatable bonds is 13. The molecule has 0 aliphatic rings. The van der Waals surface area contributed by atoms with Crippen LogP contribution in [0.4, 0.5) is 0 Å². The van der Waals surface area contributed by atoms with E-state index in [4.69, 9.17) is 10.5 Å². The molecule has 0 heterocycles. The standard InChI is InChI=1S/C15H31NO/c1-3-4-5-6-7-8-9-10-11-12-13-17-15(2)14-16/h2-14,16H2,1H3. The van der Waals surface area contributed by atoms with Crippen molar-refractivity contribution in [1.29, 1.82) is 0 Å². The predicted octanol–water partition coefficient (Wildman–Crippen LogP) is 4.40. The molecule has 0 bridgehead atoms. The molecule has 0 saturated carbocycles. The summed E-state index contributed by atoms with van der Waals surface area (Å²) in [6.07, 6.45) is 13.5. The zero-order valence-electron chi connectivity index (χ0n) is 11.7. The molecule has 2 heteroatoms. The lowest BCUT2D eigenvalue weighted by Gasteiger charge is -2.06. The van der Waals surface area contributed by atoms with Gasteiger partial charge in [-0.1, -0.05) is 71.3 Å². The van der Waals surface area contributed by atoms with E-state index >= 15 is 0 Å². The Labute approximate surface area is 108 Å². The van der Waals surface area contributed by atoms with E-state index in [-0.39, 0.29) is 0 Å². The monoisotopic (exact) mass is 241 g/mol. The van der Waals surface area contributed by atoms with Crippen LogP contribution in [-0.4, -0.2) is 13.2 Å². The number of hydrogen-bond donors (Lipinski definition) is 1. The van der Waals surface area contributed by atoms with Gasteiger partial charge in [0.15, 0.2) is 0 Å². The maximum atomic E-state index is 5.38. The first-order chi connectivity index (χ1) is 8.31. The van der Waals surface area contributed by atoms with Crippen molar-refractivity contribution in [2.24, 2.45) is 5.73 Å². The molecule has 0 aromatic carbocycles. The van der Waals surface area contributed by atoms with Crippen LogP contribution in [-0.2, 0) is 4.74 Å². The molecular weight excluding hydrogens is 210 g/mol. The van der Waals surface area contributed by atoms with E-state index in [2.05, 4.69) is 13.5 Å². The predicted molar refractivity (Wildman–Crippen MR) is 76.0 cm³/mol. The van der Waals surface area contributed by atoms with Crippen molar-refractivity contribution < 1.29 is 4.74 Å². The van der Waals surface area contributed by atoms with Gasteiger partial charge in [-0.2, -0.15) is 0 Å². The summed E-state index contributed by atoms with van der Waals surface area (Å²) < 4.78 is 5.34.